The van der Waals surface area contributed by atoms with Gasteiger partial charge in [-0.05, 0) is 61.2 Å². The van der Waals surface area contributed by atoms with Crippen LogP contribution in [0.25, 0.3) is 0 Å². The Morgan fingerprint density at radius 1 is 0.648 bits per heavy atom. The number of sulfonamides is 1. The Hall–Kier alpha value is -5.21. The van der Waals surface area contributed by atoms with Gasteiger partial charge in [0.05, 0.1) is 50.1 Å². The summed E-state index contributed by atoms with van der Waals surface area (Å²) in [5.74, 6) is -1.89. The Morgan fingerprint density at radius 2 is 1.22 bits per heavy atom. The number of aromatic nitrogens is 2. The number of hydrogen-bond donors (Lipinski definition) is 5. The third kappa shape index (κ3) is 18.0. The van der Waals surface area contributed by atoms with Crippen LogP contribution in [-0.2, 0) is 49.8 Å². The van der Waals surface area contributed by atoms with Crippen molar-refractivity contribution in [3.8, 4) is 11.5 Å². The molecule has 0 aliphatic rings. The summed E-state index contributed by atoms with van der Waals surface area (Å²) in [6.07, 6.45) is 5.76. The van der Waals surface area contributed by atoms with Crippen LogP contribution < -0.4 is 20.1 Å². The van der Waals surface area contributed by atoms with Gasteiger partial charge in [0.15, 0.2) is 0 Å². The monoisotopic (exact) mass is 775 g/mol. The average molecular weight is 776 g/mol. The van der Waals surface area contributed by atoms with E-state index in [0.29, 0.717) is 17.9 Å². The molecule has 0 saturated heterocycles. The van der Waals surface area contributed by atoms with Crippen LogP contribution in [0.1, 0.15) is 41.6 Å². The number of aliphatic carboxylic acids is 2. The molecule has 0 atom stereocenters. The Morgan fingerprint density at radius 3 is 1.83 bits per heavy atom. The van der Waals surface area contributed by atoms with Gasteiger partial charge >= 0.3 is 11.9 Å². The highest BCUT2D eigenvalue weighted by Gasteiger charge is 2.17. The van der Waals surface area contributed by atoms with E-state index in [0.717, 1.165) is 24.8 Å². The predicted molar refractivity (Wildman–Crippen MR) is 192 cm³/mol. The molecule has 1 heterocycles. The van der Waals surface area contributed by atoms with Crippen LogP contribution in [0, 0.1) is 0 Å². The van der Waals surface area contributed by atoms with Gasteiger partial charge in [0.25, 0.3) is 15.9 Å². The van der Waals surface area contributed by atoms with Crippen molar-refractivity contribution in [2.24, 2.45) is 0 Å². The van der Waals surface area contributed by atoms with Crippen molar-refractivity contribution in [3.63, 3.8) is 0 Å². The zero-order valence-corrected chi connectivity index (χ0v) is 30.4. The summed E-state index contributed by atoms with van der Waals surface area (Å²) in [6.45, 7) is 0.938. The molecule has 0 bridgehead atoms. The standard InChI is InChI=1S/C35H45N5O13S/c41-31(36-14-16-49-19-21-52-25-33(44)45)24-51-20-18-50-17-15-37-34(46)27-22-38-35(39-23-27)40-54(47,48)30-12-10-29(11-13-30)53-28-8-6-26(7-9-28)4-2-1-3-5-32(42)43/h6-13,22-23H,1-5,14-21,24-25H2,(H,36,41)(H,37,46)(H,42,43)(H,44,45)(H,38,39,40). The maximum absolute atomic E-state index is 12.9. The van der Waals surface area contributed by atoms with Gasteiger partial charge in [0.2, 0.25) is 11.9 Å². The molecule has 0 saturated carbocycles. The van der Waals surface area contributed by atoms with Gasteiger partial charge in [-0.1, -0.05) is 18.6 Å². The number of carbonyl (C=O) groups excluding carboxylic acids is 2. The summed E-state index contributed by atoms with van der Waals surface area (Å²) in [5, 5.41) is 22.4. The number of anilines is 1. The number of aryl methyl sites for hydroxylation is 1. The molecule has 1 aromatic heterocycles. The molecule has 3 rings (SSSR count). The SMILES string of the molecule is O=C(O)CCCCCc1ccc(Oc2ccc(S(=O)(=O)Nc3ncc(C(=O)NCCOCCOCC(=O)NCCOCCOCC(=O)O)cn3)cc2)cc1. The molecule has 18 nitrogen and oxygen atoms in total. The number of nitrogens with zero attached hydrogens (tertiary/aromatic N) is 2. The fraction of sp³-hybridized carbons (Fsp3) is 0.429. The van der Waals surface area contributed by atoms with Crippen molar-refractivity contribution in [2.75, 3.05) is 70.7 Å². The highest BCUT2D eigenvalue weighted by atomic mass is 32.2. The Labute approximate surface area is 312 Å². The Kier molecular flexibility index (Phi) is 19.3. The summed E-state index contributed by atoms with van der Waals surface area (Å²) in [4.78, 5) is 52.9. The lowest BCUT2D eigenvalue weighted by Gasteiger charge is -2.10. The summed E-state index contributed by atoms with van der Waals surface area (Å²) in [5.41, 5.74) is 1.21. The van der Waals surface area contributed by atoms with Crippen LogP contribution in [0.4, 0.5) is 5.95 Å². The van der Waals surface area contributed by atoms with E-state index >= 15 is 0 Å². The molecular weight excluding hydrogens is 730 g/mol. The van der Waals surface area contributed by atoms with E-state index in [-0.39, 0.29) is 88.1 Å². The highest BCUT2D eigenvalue weighted by molar-refractivity contribution is 7.92. The van der Waals surface area contributed by atoms with E-state index in [9.17, 15) is 27.6 Å². The van der Waals surface area contributed by atoms with Crippen molar-refractivity contribution < 1.29 is 61.5 Å². The smallest absolute Gasteiger partial charge is 0.329 e. The van der Waals surface area contributed by atoms with Crippen LogP contribution in [0.15, 0.2) is 65.8 Å². The van der Waals surface area contributed by atoms with Crippen LogP contribution in [0.3, 0.4) is 0 Å². The lowest BCUT2D eigenvalue weighted by molar-refractivity contribution is -0.143. The van der Waals surface area contributed by atoms with E-state index in [1.54, 1.807) is 0 Å². The van der Waals surface area contributed by atoms with Gasteiger partial charge in [-0.15, -0.1) is 0 Å². The molecule has 0 aliphatic carbocycles. The largest absolute Gasteiger partial charge is 0.481 e. The first-order valence-corrected chi connectivity index (χ1v) is 18.5. The third-order valence-electron chi connectivity index (χ3n) is 7.09. The first-order valence-electron chi connectivity index (χ1n) is 17.0. The predicted octanol–water partition coefficient (Wildman–Crippen LogP) is 2.25. The van der Waals surface area contributed by atoms with E-state index in [1.165, 1.54) is 36.7 Å². The van der Waals surface area contributed by atoms with Crippen molar-refractivity contribution >= 4 is 39.7 Å². The molecule has 0 aliphatic heterocycles. The topological polar surface area (TPSA) is 251 Å². The van der Waals surface area contributed by atoms with Crippen LogP contribution in [0.5, 0.6) is 11.5 Å². The number of amides is 2. The number of rotatable bonds is 28. The van der Waals surface area contributed by atoms with Gasteiger partial charge < -0.3 is 44.5 Å². The van der Waals surface area contributed by atoms with Gasteiger partial charge in [-0.3, -0.25) is 14.4 Å². The Balaban J connectivity index is 1.27. The van der Waals surface area contributed by atoms with E-state index in [4.69, 9.17) is 33.9 Å². The first-order chi connectivity index (χ1) is 26.0. The maximum atomic E-state index is 12.9. The second-order valence-corrected chi connectivity index (χ2v) is 13.1. The van der Waals surface area contributed by atoms with Gasteiger partial charge in [-0.2, -0.15) is 0 Å². The molecule has 0 unspecified atom stereocenters. The quantitative estimate of drug-likeness (QED) is 0.0664. The fourth-order valence-electron chi connectivity index (χ4n) is 4.42. The molecule has 0 radical (unpaired) electrons. The molecule has 2 aromatic carbocycles. The maximum Gasteiger partial charge on any atom is 0.329 e. The van der Waals surface area contributed by atoms with Gasteiger partial charge in [-0.25, -0.2) is 27.9 Å². The number of carboxylic acids is 2. The molecule has 54 heavy (non-hydrogen) atoms. The number of carbonyl (C=O) groups is 4. The zero-order valence-electron chi connectivity index (χ0n) is 29.6. The lowest BCUT2D eigenvalue weighted by Crippen LogP contribution is -2.31. The van der Waals surface area contributed by atoms with Crippen LogP contribution in [0.2, 0.25) is 0 Å². The number of unbranched alkanes of at least 4 members (excludes halogenated alkanes) is 2. The first kappa shape index (κ1) is 43.2. The van der Waals surface area contributed by atoms with Crippen molar-refractivity contribution in [1.82, 2.24) is 20.6 Å². The molecule has 2 amide bonds. The van der Waals surface area contributed by atoms with Crippen molar-refractivity contribution in [3.05, 3.63) is 72.1 Å². The zero-order chi connectivity index (χ0) is 39.0. The van der Waals surface area contributed by atoms with Gasteiger partial charge in [0.1, 0.15) is 24.7 Å². The normalized spacial score (nSPS) is 11.1. The fourth-order valence-corrected chi connectivity index (χ4v) is 5.38. The Bertz CT molecular complexity index is 1710. The minimum Gasteiger partial charge on any atom is -0.481 e. The lowest BCUT2D eigenvalue weighted by atomic mass is 10.1. The van der Waals surface area contributed by atoms with Crippen LogP contribution >= 0.6 is 0 Å². The van der Waals surface area contributed by atoms with Crippen molar-refractivity contribution in [2.45, 2.75) is 37.0 Å². The average Bonchev–Trinajstić information content (AvgIpc) is 3.14. The van der Waals surface area contributed by atoms with Crippen molar-refractivity contribution in [1.29, 1.82) is 0 Å². The summed E-state index contributed by atoms with van der Waals surface area (Å²) >= 11 is 0. The second-order valence-electron chi connectivity index (χ2n) is 11.4. The molecule has 294 valence electrons. The number of carboxylic acid groups (broad SMARTS) is 2. The number of hydrogen-bond acceptors (Lipinski definition) is 13. The third-order valence-corrected chi connectivity index (χ3v) is 8.44. The summed E-state index contributed by atoms with van der Waals surface area (Å²) in [6, 6.07) is 13.3. The van der Waals surface area contributed by atoms with E-state index in [1.807, 2.05) is 24.3 Å². The number of nitrogens with one attached hydrogen (secondary N) is 3. The van der Waals surface area contributed by atoms with E-state index in [2.05, 4.69) is 25.3 Å². The van der Waals surface area contributed by atoms with Crippen LogP contribution in [-0.4, -0.2) is 118 Å². The summed E-state index contributed by atoms with van der Waals surface area (Å²) in [7, 11) is -4.04. The number of ether oxygens (including phenoxy) is 5. The molecular formula is C35H45N5O13S. The molecule has 3 aromatic rings. The minimum absolute atomic E-state index is 0.0479. The molecule has 0 fully saturated rings. The summed E-state index contributed by atoms with van der Waals surface area (Å²) < 4.78 is 54.5. The highest BCUT2D eigenvalue weighted by Crippen LogP contribution is 2.24. The molecule has 0 spiro atoms. The molecule has 19 heteroatoms. The molecule has 5 N–H and O–H groups in total. The minimum atomic E-state index is -4.04. The second kappa shape index (κ2) is 24.2. The van der Waals surface area contributed by atoms with E-state index < -0.39 is 34.5 Å². The number of benzene rings is 2. The van der Waals surface area contributed by atoms with Gasteiger partial charge in [0, 0.05) is 31.9 Å².